The van der Waals surface area contributed by atoms with Gasteiger partial charge >= 0.3 is 0 Å². The molecule has 1 amide bonds. The molecule has 4 nitrogen and oxygen atoms in total. The van der Waals surface area contributed by atoms with Crippen molar-refractivity contribution >= 4 is 27.9 Å². The number of hydrogen-bond acceptors (Lipinski definition) is 2. The molecule has 3 rings (SSSR count). The van der Waals surface area contributed by atoms with Gasteiger partial charge in [-0.15, -0.1) is 0 Å². The minimum Gasteiger partial charge on any atom is -0.347 e. The van der Waals surface area contributed by atoms with Crippen molar-refractivity contribution in [1.82, 2.24) is 9.88 Å². The molecule has 5 heteroatoms. The van der Waals surface area contributed by atoms with Gasteiger partial charge in [0.2, 0.25) is 0 Å². The molecular weight excluding hydrogens is 390 g/mol. The van der Waals surface area contributed by atoms with Gasteiger partial charge < -0.3 is 9.88 Å². The number of halogens is 1. The fraction of sp³-hybridized carbons (Fsp3) is 0.0476. The topological polar surface area (TPSA) is 57.8 Å². The number of nitrogens with zero attached hydrogens (tertiary/aromatic N) is 2. The minimum absolute atomic E-state index is 0.0676. The zero-order chi connectivity index (χ0) is 18.4. The lowest BCUT2D eigenvalue weighted by atomic mass is 10.2. The number of amides is 1. The Bertz CT molecular complexity index is 966. The molecule has 128 valence electrons. The van der Waals surface area contributed by atoms with Gasteiger partial charge in [-0.1, -0.05) is 46.3 Å². The number of benzene rings is 2. The molecular formula is C21H16BrN3O. The Kier molecular flexibility index (Phi) is 5.67. The van der Waals surface area contributed by atoms with Gasteiger partial charge in [0.15, 0.2) is 0 Å². The van der Waals surface area contributed by atoms with Crippen molar-refractivity contribution in [3.8, 4) is 11.8 Å². The second-order valence-electron chi connectivity index (χ2n) is 5.62. The van der Waals surface area contributed by atoms with E-state index in [1.54, 1.807) is 6.08 Å². The number of aromatic nitrogens is 1. The summed E-state index contributed by atoms with van der Waals surface area (Å²) in [5.74, 6) is -0.389. The summed E-state index contributed by atoms with van der Waals surface area (Å²) in [6.07, 6.45) is 3.49. The van der Waals surface area contributed by atoms with Crippen LogP contribution in [0.25, 0.3) is 11.8 Å². The molecule has 0 saturated carbocycles. The minimum atomic E-state index is -0.389. The van der Waals surface area contributed by atoms with Crippen molar-refractivity contribution in [2.75, 3.05) is 0 Å². The Balaban J connectivity index is 1.79. The lowest BCUT2D eigenvalue weighted by Crippen LogP contribution is -2.24. The first-order chi connectivity index (χ1) is 12.7. The summed E-state index contributed by atoms with van der Waals surface area (Å²) in [6.45, 7) is 0.381. The molecule has 0 saturated heterocycles. The van der Waals surface area contributed by atoms with Crippen LogP contribution in [-0.2, 0) is 11.3 Å². The van der Waals surface area contributed by atoms with Crippen molar-refractivity contribution in [3.05, 3.63) is 94.2 Å². The summed E-state index contributed by atoms with van der Waals surface area (Å²) < 4.78 is 2.91. The summed E-state index contributed by atoms with van der Waals surface area (Å²) in [5, 5.41) is 12.2. The predicted molar refractivity (Wildman–Crippen MR) is 105 cm³/mol. The summed E-state index contributed by atoms with van der Waals surface area (Å²) in [7, 11) is 0. The zero-order valence-electron chi connectivity index (χ0n) is 13.9. The van der Waals surface area contributed by atoms with E-state index in [1.807, 2.05) is 83.6 Å². The molecule has 0 bridgehead atoms. The summed E-state index contributed by atoms with van der Waals surface area (Å²) in [5.41, 5.74) is 2.76. The maximum absolute atomic E-state index is 12.3. The molecule has 0 spiro atoms. The van der Waals surface area contributed by atoms with E-state index in [9.17, 15) is 10.1 Å². The highest BCUT2D eigenvalue weighted by Crippen LogP contribution is 2.18. The van der Waals surface area contributed by atoms with Crippen LogP contribution in [0.5, 0.6) is 0 Å². The van der Waals surface area contributed by atoms with Crippen LogP contribution < -0.4 is 5.32 Å². The molecule has 0 fully saturated rings. The van der Waals surface area contributed by atoms with Gasteiger partial charge in [-0.05, 0) is 48.0 Å². The van der Waals surface area contributed by atoms with E-state index in [0.29, 0.717) is 6.54 Å². The second-order valence-corrected chi connectivity index (χ2v) is 6.53. The predicted octanol–water partition coefficient (Wildman–Crippen LogP) is 4.46. The molecule has 2 aromatic carbocycles. The van der Waals surface area contributed by atoms with E-state index in [1.165, 1.54) is 0 Å². The number of carbonyl (C=O) groups is 1. The van der Waals surface area contributed by atoms with Crippen LogP contribution in [0.15, 0.2) is 83.0 Å². The Morgan fingerprint density at radius 2 is 1.81 bits per heavy atom. The van der Waals surface area contributed by atoms with Crippen molar-refractivity contribution in [3.63, 3.8) is 0 Å². The number of hydrogen-bond donors (Lipinski definition) is 1. The highest BCUT2D eigenvalue weighted by molar-refractivity contribution is 9.10. The SMILES string of the molecule is N#C/C(=C/c1cccn1-c1ccc(Br)cc1)C(=O)NCc1ccccc1. The van der Waals surface area contributed by atoms with Crippen LogP contribution in [-0.4, -0.2) is 10.5 Å². The van der Waals surface area contributed by atoms with Crippen LogP contribution >= 0.6 is 15.9 Å². The highest BCUT2D eigenvalue weighted by atomic mass is 79.9. The Hall–Kier alpha value is -3.10. The van der Waals surface area contributed by atoms with E-state index in [0.717, 1.165) is 21.4 Å². The number of carbonyl (C=O) groups excluding carboxylic acids is 1. The van der Waals surface area contributed by atoms with Gasteiger partial charge in [-0.2, -0.15) is 5.26 Å². The second kappa shape index (κ2) is 8.32. The summed E-state index contributed by atoms with van der Waals surface area (Å²) in [6, 6.07) is 23.1. The number of rotatable bonds is 5. The first kappa shape index (κ1) is 17.7. The van der Waals surface area contributed by atoms with E-state index in [2.05, 4.69) is 21.2 Å². The average Bonchev–Trinajstić information content (AvgIpc) is 3.14. The van der Waals surface area contributed by atoms with Gasteiger partial charge in [-0.3, -0.25) is 4.79 Å². The first-order valence-corrected chi connectivity index (χ1v) is 8.84. The number of nitriles is 1. The van der Waals surface area contributed by atoms with E-state index in [-0.39, 0.29) is 11.5 Å². The van der Waals surface area contributed by atoms with E-state index < -0.39 is 0 Å². The van der Waals surface area contributed by atoms with Gasteiger partial charge in [-0.25, -0.2) is 0 Å². The van der Waals surface area contributed by atoms with Crippen molar-refractivity contribution in [2.45, 2.75) is 6.54 Å². The van der Waals surface area contributed by atoms with Crippen LogP contribution in [0.3, 0.4) is 0 Å². The molecule has 0 aliphatic carbocycles. The van der Waals surface area contributed by atoms with Gasteiger partial charge in [0, 0.05) is 28.6 Å². The van der Waals surface area contributed by atoms with Crippen molar-refractivity contribution in [1.29, 1.82) is 5.26 Å². The third kappa shape index (κ3) is 4.29. The van der Waals surface area contributed by atoms with Gasteiger partial charge in [0.1, 0.15) is 11.6 Å². The fourth-order valence-electron chi connectivity index (χ4n) is 2.52. The molecule has 0 unspecified atom stereocenters. The first-order valence-electron chi connectivity index (χ1n) is 8.04. The molecule has 0 aliphatic heterocycles. The van der Waals surface area contributed by atoms with Crippen LogP contribution in [0, 0.1) is 11.3 Å². The van der Waals surface area contributed by atoms with Crippen molar-refractivity contribution in [2.24, 2.45) is 0 Å². The lowest BCUT2D eigenvalue weighted by Gasteiger charge is -2.08. The van der Waals surface area contributed by atoms with Crippen LogP contribution in [0.1, 0.15) is 11.3 Å². The zero-order valence-corrected chi connectivity index (χ0v) is 15.5. The quantitative estimate of drug-likeness (QED) is 0.502. The monoisotopic (exact) mass is 405 g/mol. The summed E-state index contributed by atoms with van der Waals surface area (Å²) in [4.78, 5) is 12.3. The molecule has 0 aliphatic rings. The van der Waals surface area contributed by atoms with E-state index in [4.69, 9.17) is 0 Å². The third-order valence-electron chi connectivity index (χ3n) is 3.84. The van der Waals surface area contributed by atoms with Crippen LogP contribution in [0.2, 0.25) is 0 Å². The number of nitrogens with one attached hydrogen (secondary N) is 1. The van der Waals surface area contributed by atoms with Gasteiger partial charge in [0.25, 0.3) is 5.91 Å². The van der Waals surface area contributed by atoms with Gasteiger partial charge in [0.05, 0.1) is 0 Å². The molecule has 1 N–H and O–H groups in total. The Morgan fingerprint density at radius 3 is 2.50 bits per heavy atom. The fourth-order valence-corrected chi connectivity index (χ4v) is 2.78. The summed E-state index contributed by atoms with van der Waals surface area (Å²) >= 11 is 3.42. The Morgan fingerprint density at radius 1 is 1.08 bits per heavy atom. The maximum atomic E-state index is 12.3. The smallest absolute Gasteiger partial charge is 0.262 e. The molecule has 0 radical (unpaired) electrons. The van der Waals surface area contributed by atoms with Crippen LogP contribution in [0.4, 0.5) is 0 Å². The van der Waals surface area contributed by atoms with E-state index >= 15 is 0 Å². The Labute approximate surface area is 160 Å². The lowest BCUT2D eigenvalue weighted by molar-refractivity contribution is -0.117. The largest absolute Gasteiger partial charge is 0.347 e. The van der Waals surface area contributed by atoms with Crippen molar-refractivity contribution < 1.29 is 4.79 Å². The standard InChI is InChI=1S/C21H16BrN3O/c22-18-8-10-19(11-9-18)25-12-4-7-20(25)13-17(14-23)21(26)24-15-16-5-2-1-3-6-16/h1-13H,15H2,(H,24,26)/b17-13-. The molecule has 3 aromatic rings. The average molecular weight is 406 g/mol. The normalized spacial score (nSPS) is 11.0. The third-order valence-corrected chi connectivity index (χ3v) is 4.37. The molecule has 1 aromatic heterocycles. The molecule has 1 heterocycles. The maximum Gasteiger partial charge on any atom is 0.262 e. The highest BCUT2D eigenvalue weighted by Gasteiger charge is 2.10. The molecule has 26 heavy (non-hydrogen) atoms. The molecule has 0 atom stereocenters.